The van der Waals surface area contributed by atoms with Gasteiger partial charge in [-0.1, -0.05) is 7.43 Å². The lowest BCUT2D eigenvalue weighted by atomic mass is 10.6. The Kier molecular flexibility index (Phi) is 9.29. The lowest BCUT2D eigenvalue weighted by molar-refractivity contribution is -0.118. The number of hydrogen-bond donors (Lipinski definition) is 2. The Bertz CT molecular complexity index is 73.5. The zero-order chi connectivity index (χ0) is 6.41. The Morgan fingerprint density at radius 1 is 1.44 bits per heavy atom. The molecule has 0 rings (SSSR count). The van der Waals surface area contributed by atoms with Crippen molar-refractivity contribution in [3.8, 4) is 0 Å². The number of hydrogen-bond acceptors (Lipinski definition) is 2. The molecule has 0 atom stereocenters. The van der Waals surface area contributed by atoms with Gasteiger partial charge in [-0.05, 0) is 7.05 Å². The Morgan fingerprint density at radius 2 is 2.00 bits per heavy atom. The maximum absolute atomic E-state index is 10.2. The van der Waals surface area contributed by atoms with Gasteiger partial charge in [-0.3, -0.25) is 4.79 Å². The van der Waals surface area contributed by atoms with Crippen molar-refractivity contribution in [3.05, 3.63) is 0 Å². The Hall–Kier alpha value is -0.570. The van der Waals surface area contributed by atoms with E-state index in [1.165, 1.54) is 6.92 Å². The first-order chi connectivity index (χ1) is 3.77. The number of carbonyl (C=O) groups excluding carboxylic acids is 1. The highest BCUT2D eigenvalue weighted by Gasteiger charge is 1.85. The summed E-state index contributed by atoms with van der Waals surface area (Å²) in [6.45, 7) is 3.06. The summed E-state index contributed by atoms with van der Waals surface area (Å²) < 4.78 is 0. The second-order valence-corrected chi connectivity index (χ2v) is 1.59. The van der Waals surface area contributed by atoms with Crippen molar-refractivity contribution in [2.75, 3.05) is 20.1 Å². The van der Waals surface area contributed by atoms with Crippen molar-refractivity contribution < 1.29 is 4.79 Å². The van der Waals surface area contributed by atoms with Crippen LogP contribution >= 0.6 is 0 Å². The number of likely N-dealkylation sites (N-methyl/N-ethyl adjacent to an activating group) is 1. The van der Waals surface area contributed by atoms with E-state index < -0.39 is 0 Å². The third-order valence-corrected chi connectivity index (χ3v) is 0.749. The molecule has 0 aliphatic rings. The van der Waals surface area contributed by atoms with E-state index in [4.69, 9.17) is 0 Å². The summed E-state index contributed by atoms with van der Waals surface area (Å²) in [6, 6.07) is 0. The van der Waals surface area contributed by atoms with E-state index in [0.29, 0.717) is 6.54 Å². The molecule has 3 nitrogen and oxygen atoms in total. The first-order valence-corrected chi connectivity index (χ1v) is 2.66. The molecule has 0 aromatic heterocycles. The molecule has 0 fully saturated rings. The fraction of sp³-hybridized carbons (Fsp3) is 0.833. The summed E-state index contributed by atoms with van der Waals surface area (Å²) in [4.78, 5) is 10.2. The topological polar surface area (TPSA) is 41.1 Å². The van der Waals surface area contributed by atoms with Gasteiger partial charge in [0.2, 0.25) is 5.91 Å². The van der Waals surface area contributed by atoms with Crippen LogP contribution in [0.4, 0.5) is 0 Å². The lowest BCUT2D eigenvalue weighted by Gasteiger charge is -1.97. The fourth-order valence-corrected chi connectivity index (χ4v) is 0.364. The smallest absolute Gasteiger partial charge is 0.216 e. The van der Waals surface area contributed by atoms with E-state index in [-0.39, 0.29) is 13.3 Å². The lowest BCUT2D eigenvalue weighted by Crippen LogP contribution is -2.28. The van der Waals surface area contributed by atoms with Gasteiger partial charge in [-0.2, -0.15) is 0 Å². The van der Waals surface area contributed by atoms with Gasteiger partial charge < -0.3 is 10.6 Å². The fourth-order valence-electron chi connectivity index (χ4n) is 0.364. The predicted molar refractivity (Wildman–Crippen MR) is 39.3 cm³/mol. The summed E-state index contributed by atoms with van der Waals surface area (Å²) >= 11 is 0. The molecule has 0 saturated heterocycles. The Morgan fingerprint density at radius 3 is 2.33 bits per heavy atom. The molecule has 0 heterocycles. The summed E-state index contributed by atoms with van der Waals surface area (Å²) in [6.07, 6.45) is 0. The van der Waals surface area contributed by atoms with Crippen LogP contribution in [-0.4, -0.2) is 26.0 Å². The molecular weight excluding hydrogens is 116 g/mol. The second-order valence-electron chi connectivity index (χ2n) is 1.59. The average molecular weight is 132 g/mol. The van der Waals surface area contributed by atoms with Crippen molar-refractivity contribution in [1.29, 1.82) is 0 Å². The SMILES string of the molecule is C.CNCCNC(C)=O. The molecule has 3 heteroatoms. The zero-order valence-electron chi connectivity index (χ0n) is 5.32. The van der Waals surface area contributed by atoms with E-state index in [9.17, 15) is 4.79 Å². The molecule has 0 aromatic carbocycles. The van der Waals surface area contributed by atoms with Crippen LogP contribution in [0.15, 0.2) is 0 Å². The minimum atomic E-state index is 0. The normalized spacial score (nSPS) is 7.78. The van der Waals surface area contributed by atoms with Crippen LogP contribution in [0.25, 0.3) is 0 Å². The molecule has 0 radical (unpaired) electrons. The third kappa shape index (κ3) is 11.2. The van der Waals surface area contributed by atoms with Crippen LogP contribution < -0.4 is 10.6 Å². The number of amides is 1. The van der Waals surface area contributed by atoms with E-state index >= 15 is 0 Å². The molecule has 0 aliphatic carbocycles. The molecule has 1 amide bonds. The van der Waals surface area contributed by atoms with Crippen LogP contribution in [-0.2, 0) is 4.79 Å². The molecule has 0 aliphatic heterocycles. The Balaban J connectivity index is 0. The number of nitrogens with one attached hydrogen (secondary N) is 2. The Labute approximate surface area is 56.8 Å². The first kappa shape index (κ1) is 11.3. The molecule has 0 aromatic rings. The van der Waals surface area contributed by atoms with Crippen LogP contribution in [0.1, 0.15) is 14.4 Å². The minimum Gasteiger partial charge on any atom is -0.355 e. The van der Waals surface area contributed by atoms with E-state index in [0.717, 1.165) is 6.54 Å². The molecule has 0 unspecified atom stereocenters. The van der Waals surface area contributed by atoms with Crippen molar-refractivity contribution in [2.45, 2.75) is 14.4 Å². The van der Waals surface area contributed by atoms with E-state index in [2.05, 4.69) is 10.6 Å². The highest BCUT2D eigenvalue weighted by molar-refractivity contribution is 5.72. The number of rotatable bonds is 3. The van der Waals surface area contributed by atoms with Crippen molar-refractivity contribution in [1.82, 2.24) is 10.6 Å². The first-order valence-electron chi connectivity index (χ1n) is 2.66. The molecular formula is C6H16N2O. The van der Waals surface area contributed by atoms with Crippen LogP contribution in [0, 0.1) is 0 Å². The summed E-state index contributed by atoms with van der Waals surface area (Å²) in [5, 5.41) is 5.55. The quantitative estimate of drug-likeness (QED) is 0.530. The molecule has 9 heavy (non-hydrogen) atoms. The van der Waals surface area contributed by atoms with Gasteiger partial charge in [-0.15, -0.1) is 0 Å². The van der Waals surface area contributed by atoms with Gasteiger partial charge in [0.1, 0.15) is 0 Å². The van der Waals surface area contributed by atoms with Crippen molar-refractivity contribution >= 4 is 5.91 Å². The molecule has 2 N–H and O–H groups in total. The monoisotopic (exact) mass is 132 g/mol. The van der Waals surface area contributed by atoms with Crippen LogP contribution in [0.2, 0.25) is 0 Å². The van der Waals surface area contributed by atoms with Gasteiger partial charge in [0.05, 0.1) is 0 Å². The molecule has 0 saturated carbocycles. The highest BCUT2D eigenvalue weighted by atomic mass is 16.1. The maximum Gasteiger partial charge on any atom is 0.216 e. The maximum atomic E-state index is 10.2. The van der Waals surface area contributed by atoms with Gasteiger partial charge in [0, 0.05) is 20.0 Å². The molecule has 56 valence electrons. The summed E-state index contributed by atoms with van der Waals surface area (Å²) in [5.41, 5.74) is 0. The average Bonchev–Trinajstić information content (AvgIpc) is 1.66. The summed E-state index contributed by atoms with van der Waals surface area (Å²) in [7, 11) is 1.85. The van der Waals surface area contributed by atoms with Crippen molar-refractivity contribution in [3.63, 3.8) is 0 Å². The van der Waals surface area contributed by atoms with Crippen molar-refractivity contribution in [2.24, 2.45) is 0 Å². The predicted octanol–water partition coefficient (Wildman–Crippen LogP) is -0.0220. The molecule has 0 bridgehead atoms. The second kappa shape index (κ2) is 7.43. The zero-order valence-corrected chi connectivity index (χ0v) is 5.32. The van der Waals surface area contributed by atoms with Crippen LogP contribution in [0.5, 0.6) is 0 Å². The molecule has 0 spiro atoms. The minimum absolute atomic E-state index is 0. The largest absolute Gasteiger partial charge is 0.355 e. The van der Waals surface area contributed by atoms with Crippen LogP contribution in [0.3, 0.4) is 0 Å². The van der Waals surface area contributed by atoms with Gasteiger partial charge in [0.25, 0.3) is 0 Å². The van der Waals surface area contributed by atoms with Gasteiger partial charge in [0.15, 0.2) is 0 Å². The standard InChI is InChI=1S/C5H12N2O.CH4/c1-5(8)7-4-3-6-2;/h6H,3-4H2,1-2H3,(H,7,8);1H4. The third-order valence-electron chi connectivity index (χ3n) is 0.749. The van der Waals surface area contributed by atoms with Gasteiger partial charge >= 0.3 is 0 Å². The van der Waals surface area contributed by atoms with E-state index in [1.807, 2.05) is 7.05 Å². The highest BCUT2D eigenvalue weighted by Crippen LogP contribution is 1.57. The summed E-state index contributed by atoms with van der Waals surface area (Å²) in [5.74, 6) is 0.0280. The van der Waals surface area contributed by atoms with Gasteiger partial charge in [-0.25, -0.2) is 0 Å². The van der Waals surface area contributed by atoms with E-state index in [1.54, 1.807) is 0 Å². The number of carbonyl (C=O) groups is 1.